The van der Waals surface area contributed by atoms with Gasteiger partial charge in [0.25, 0.3) is 0 Å². The number of hydrogen-bond donors (Lipinski definition) is 1. The van der Waals surface area contributed by atoms with E-state index >= 15 is 0 Å². The molecule has 6 heteroatoms. The largest absolute Gasteiger partial charge is 0.444 e. The molecule has 112 valence electrons. The molecule has 0 bridgehead atoms. The highest BCUT2D eigenvalue weighted by molar-refractivity contribution is 5.07. The predicted octanol–water partition coefficient (Wildman–Crippen LogP) is 3.76. The zero-order valence-corrected chi connectivity index (χ0v) is 11.2. The van der Waals surface area contributed by atoms with E-state index < -0.39 is 18.0 Å². The number of alkyl halides is 3. The smallest absolute Gasteiger partial charge is 0.392 e. The molecule has 20 heavy (non-hydrogen) atoms. The first-order valence-corrected chi connectivity index (χ1v) is 7.29. The lowest BCUT2D eigenvalue weighted by atomic mass is 9.77. The molecule has 2 aliphatic rings. The second-order valence-corrected chi connectivity index (χ2v) is 5.85. The number of halogens is 3. The summed E-state index contributed by atoms with van der Waals surface area (Å²) in [6, 6.07) is 0.531. The van der Waals surface area contributed by atoms with Crippen LogP contribution in [0.15, 0.2) is 10.6 Å². The Hall–Kier alpha value is -1.04. The molecule has 3 rings (SSSR count). The summed E-state index contributed by atoms with van der Waals surface area (Å²) >= 11 is 0. The monoisotopic (exact) mass is 288 g/mol. The normalized spacial score (nSPS) is 27.8. The predicted molar refractivity (Wildman–Crippen MR) is 67.1 cm³/mol. The minimum Gasteiger partial charge on any atom is -0.444 e. The highest BCUT2D eigenvalue weighted by Crippen LogP contribution is 2.46. The maximum atomic E-state index is 13.1. The van der Waals surface area contributed by atoms with Crippen molar-refractivity contribution in [1.29, 1.82) is 0 Å². The minimum absolute atomic E-state index is 0.199. The van der Waals surface area contributed by atoms with Crippen LogP contribution in [-0.4, -0.2) is 17.2 Å². The molecule has 0 amide bonds. The second-order valence-electron chi connectivity index (χ2n) is 5.85. The molecule has 2 fully saturated rings. The van der Waals surface area contributed by atoms with Gasteiger partial charge in [0.2, 0.25) is 5.89 Å². The molecular formula is C14H19F3N2O. The highest BCUT2D eigenvalue weighted by atomic mass is 19.4. The van der Waals surface area contributed by atoms with E-state index in [9.17, 15) is 13.2 Å². The van der Waals surface area contributed by atoms with Crippen molar-refractivity contribution >= 4 is 0 Å². The Morgan fingerprint density at radius 2 is 1.95 bits per heavy atom. The van der Waals surface area contributed by atoms with Crippen LogP contribution in [0.2, 0.25) is 0 Å². The third-order valence-corrected chi connectivity index (χ3v) is 4.24. The number of nitrogens with one attached hydrogen (secondary N) is 1. The number of hydrogen-bond acceptors (Lipinski definition) is 3. The van der Waals surface area contributed by atoms with Gasteiger partial charge >= 0.3 is 6.18 Å². The van der Waals surface area contributed by atoms with Gasteiger partial charge in [0.1, 0.15) is 5.76 Å². The van der Waals surface area contributed by atoms with Gasteiger partial charge in [-0.1, -0.05) is 12.8 Å². The average molecular weight is 288 g/mol. The summed E-state index contributed by atoms with van der Waals surface area (Å²) in [5.41, 5.74) is 0. The van der Waals surface area contributed by atoms with E-state index in [2.05, 4.69) is 10.3 Å². The Bertz CT molecular complexity index is 454. The van der Waals surface area contributed by atoms with E-state index in [1.54, 1.807) is 0 Å². The summed E-state index contributed by atoms with van der Waals surface area (Å²) < 4.78 is 44.8. The van der Waals surface area contributed by atoms with Gasteiger partial charge in [0.05, 0.1) is 18.7 Å². The van der Waals surface area contributed by atoms with E-state index in [0.717, 1.165) is 19.3 Å². The van der Waals surface area contributed by atoms with Crippen LogP contribution in [0.25, 0.3) is 0 Å². The van der Waals surface area contributed by atoms with E-state index in [4.69, 9.17) is 4.42 Å². The first-order chi connectivity index (χ1) is 9.54. The topological polar surface area (TPSA) is 38.1 Å². The Morgan fingerprint density at radius 3 is 2.65 bits per heavy atom. The van der Waals surface area contributed by atoms with Crippen LogP contribution in [0.3, 0.4) is 0 Å². The molecule has 2 unspecified atom stereocenters. The summed E-state index contributed by atoms with van der Waals surface area (Å²) in [4.78, 5) is 4.11. The van der Waals surface area contributed by atoms with Crippen molar-refractivity contribution in [3.63, 3.8) is 0 Å². The second kappa shape index (κ2) is 5.39. The van der Waals surface area contributed by atoms with Crippen LogP contribution in [0, 0.1) is 5.92 Å². The lowest BCUT2D eigenvalue weighted by Crippen LogP contribution is -2.31. The molecule has 3 nitrogen and oxygen atoms in total. The minimum atomic E-state index is -4.15. The molecule has 0 aliphatic heterocycles. The SMILES string of the molecule is FC(F)(F)C1CCCCC1c1cnc(CNC2CC2)o1. The Morgan fingerprint density at radius 1 is 1.20 bits per heavy atom. The zero-order valence-electron chi connectivity index (χ0n) is 11.2. The number of oxazole rings is 1. The first kappa shape index (κ1) is 13.9. The van der Waals surface area contributed by atoms with Crippen LogP contribution in [0.5, 0.6) is 0 Å². The molecular weight excluding hydrogens is 269 g/mol. The van der Waals surface area contributed by atoms with Crippen LogP contribution in [0.4, 0.5) is 13.2 Å². The third kappa shape index (κ3) is 3.16. The molecule has 1 aromatic rings. The number of aromatic nitrogens is 1. The van der Waals surface area contributed by atoms with Crippen LogP contribution >= 0.6 is 0 Å². The standard InChI is InChI=1S/C14H19F3N2O/c15-14(16,17)11-4-2-1-3-10(11)12-7-19-13(20-12)8-18-9-5-6-9/h7,9-11,18H,1-6,8H2. The fraction of sp³-hybridized carbons (Fsp3) is 0.786. The molecule has 2 saturated carbocycles. The van der Waals surface area contributed by atoms with Gasteiger partial charge in [0.15, 0.2) is 0 Å². The van der Waals surface area contributed by atoms with Crippen LogP contribution in [0.1, 0.15) is 56.1 Å². The van der Waals surface area contributed by atoms with Gasteiger partial charge in [-0.15, -0.1) is 0 Å². The van der Waals surface area contributed by atoms with Crippen molar-refractivity contribution in [2.75, 3.05) is 0 Å². The molecule has 1 N–H and O–H groups in total. The maximum Gasteiger partial charge on any atom is 0.392 e. The lowest BCUT2D eigenvalue weighted by Gasteiger charge is -2.31. The van der Waals surface area contributed by atoms with Gasteiger partial charge in [-0.3, -0.25) is 0 Å². The first-order valence-electron chi connectivity index (χ1n) is 7.29. The van der Waals surface area contributed by atoms with Gasteiger partial charge < -0.3 is 9.73 Å². The van der Waals surface area contributed by atoms with Crippen molar-refractivity contribution < 1.29 is 17.6 Å². The van der Waals surface area contributed by atoms with E-state index in [0.29, 0.717) is 37.1 Å². The molecule has 0 spiro atoms. The van der Waals surface area contributed by atoms with Gasteiger partial charge in [-0.2, -0.15) is 13.2 Å². The zero-order chi connectivity index (χ0) is 14.2. The lowest BCUT2D eigenvalue weighted by molar-refractivity contribution is -0.188. The Labute approximate surface area is 115 Å². The summed E-state index contributed by atoms with van der Waals surface area (Å²) in [6.07, 6.45) is 1.86. The molecule has 0 aromatic carbocycles. The Kier molecular flexibility index (Phi) is 3.75. The van der Waals surface area contributed by atoms with E-state index in [1.165, 1.54) is 6.20 Å². The summed E-state index contributed by atoms with van der Waals surface area (Å²) in [5, 5.41) is 3.25. The van der Waals surface area contributed by atoms with Crippen LogP contribution in [-0.2, 0) is 6.54 Å². The highest BCUT2D eigenvalue weighted by Gasteiger charge is 2.47. The number of nitrogens with zero attached hydrogens (tertiary/aromatic N) is 1. The average Bonchev–Trinajstić information content (AvgIpc) is 3.12. The van der Waals surface area contributed by atoms with Crippen LogP contribution < -0.4 is 5.32 Å². The quantitative estimate of drug-likeness (QED) is 0.916. The number of rotatable bonds is 4. The van der Waals surface area contributed by atoms with Crippen molar-refractivity contribution in [2.45, 2.75) is 63.2 Å². The van der Waals surface area contributed by atoms with Gasteiger partial charge in [-0.05, 0) is 25.7 Å². The fourth-order valence-corrected chi connectivity index (χ4v) is 2.96. The molecule has 1 heterocycles. The van der Waals surface area contributed by atoms with Gasteiger partial charge in [-0.25, -0.2) is 4.98 Å². The molecule has 0 radical (unpaired) electrons. The molecule has 0 saturated heterocycles. The van der Waals surface area contributed by atoms with E-state index in [-0.39, 0.29) is 6.42 Å². The fourth-order valence-electron chi connectivity index (χ4n) is 2.96. The van der Waals surface area contributed by atoms with Crippen molar-refractivity contribution in [3.05, 3.63) is 17.8 Å². The van der Waals surface area contributed by atoms with Crippen molar-refractivity contribution in [2.24, 2.45) is 5.92 Å². The summed E-state index contributed by atoms with van der Waals surface area (Å²) in [7, 11) is 0. The maximum absolute atomic E-state index is 13.1. The Balaban J connectivity index is 1.69. The summed E-state index contributed by atoms with van der Waals surface area (Å²) in [5.74, 6) is -0.947. The summed E-state index contributed by atoms with van der Waals surface area (Å²) in [6.45, 7) is 0.508. The van der Waals surface area contributed by atoms with Crippen molar-refractivity contribution in [1.82, 2.24) is 10.3 Å². The molecule has 1 aromatic heterocycles. The molecule has 2 atom stereocenters. The van der Waals surface area contributed by atoms with Crippen molar-refractivity contribution in [3.8, 4) is 0 Å². The van der Waals surface area contributed by atoms with E-state index in [1.807, 2.05) is 0 Å². The molecule has 2 aliphatic carbocycles. The van der Waals surface area contributed by atoms with Gasteiger partial charge in [0, 0.05) is 12.0 Å². The third-order valence-electron chi connectivity index (χ3n) is 4.24.